The highest BCUT2D eigenvalue weighted by Gasteiger charge is 2.62. The largest absolute Gasteiger partial charge is 0.506 e. The zero-order valence-electron chi connectivity index (χ0n) is 50.4. The van der Waals surface area contributed by atoms with Gasteiger partial charge in [-0.3, -0.25) is 41.0 Å². The van der Waals surface area contributed by atoms with Crippen LogP contribution < -0.4 is 14.2 Å². The fourth-order valence-electron chi connectivity index (χ4n) is 10.3. The zero-order valence-corrected chi connectivity index (χ0v) is 57.8. The first-order chi connectivity index (χ1) is 47.9. The van der Waals surface area contributed by atoms with Gasteiger partial charge in [0, 0.05) is 0 Å². The van der Waals surface area contributed by atoms with Crippen molar-refractivity contribution in [3.63, 3.8) is 0 Å². The molecule has 28 atom stereocenters. The summed E-state index contributed by atoms with van der Waals surface area (Å²) in [5, 5.41) is 120. The first kappa shape index (κ1) is 90.8. The number of carboxylic acid groups (broad SMARTS) is 3. The third-order valence-electron chi connectivity index (χ3n) is 14.2. The maximum Gasteiger partial charge on any atom is 0.397 e. The second-order valence-corrected chi connectivity index (χ2v) is 31.5. The van der Waals surface area contributed by atoms with Crippen molar-refractivity contribution in [2.45, 2.75) is 172 Å². The molecule has 0 saturated carbocycles. The number of aliphatic hydroxyl groups is 8. The molecule has 6 heterocycles. The highest BCUT2D eigenvalue weighted by Crippen LogP contribution is 2.40. The summed E-state index contributed by atoms with van der Waals surface area (Å²) in [7, 11) is -53.6. The molecule has 0 amide bonds. The summed E-state index contributed by atoms with van der Waals surface area (Å²) in [6.07, 6.45) is -77.4. The number of aliphatic hydroxyl groups excluding tert-OH is 8. The quantitative estimate of drug-likeness (QED) is 0.0266. The van der Waals surface area contributed by atoms with E-state index in [1.54, 1.807) is 0 Å². The van der Waals surface area contributed by atoms with Crippen molar-refractivity contribution in [3.05, 3.63) is 11.5 Å². The Balaban J connectivity index is 1.41. The molecule has 0 unspecified atom stereocenters. The lowest BCUT2D eigenvalue weighted by molar-refractivity contribution is -0.374. The van der Waals surface area contributed by atoms with Crippen molar-refractivity contribution in [2.75, 3.05) is 19.8 Å². The summed E-state index contributed by atoms with van der Waals surface area (Å²) in [5.74, 6) is -11.1. The van der Waals surface area contributed by atoms with Crippen LogP contribution in [0, 0.1) is 0 Å². The minimum atomic E-state index is -6.35. The molecule has 6 aliphatic rings. The maximum absolute atomic E-state index is 13.2. The molecule has 0 aromatic carbocycles. The molecule has 6 rings (SSSR count). The Kier molecular flexibility index (Phi) is 29.2. The zero-order chi connectivity index (χ0) is 80.8. The van der Waals surface area contributed by atoms with Gasteiger partial charge < -0.3 is 108 Å². The molecule has 6 aliphatic heterocycles. The molecule has 0 aliphatic carbocycles. The van der Waals surface area contributed by atoms with E-state index >= 15 is 0 Å². The Morgan fingerprint density at radius 2 is 0.642 bits per heavy atom. The van der Waals surface area contributed by atoms with Gasteiger partial charge in [0.25, 0.3) is 0 Å². The van der Waals surface area contributed by atoms with Gasteiger partial charge in [-0.15, -0.1) is 0 Å². The van der Waals surface area contributed by atoms with Crippen LogP contribution in [0.2, 0.25) is 0 Å². The molecule has 0 bridgehead atoms. The lowest BCUT2D eigenvalue weighted by Crippen LogP contribution is -2.71. The topological polar surface area (TPSA) is 956 Å². The van der Waals surface area contributed by atoms with Gasteiger partial charge in [0.2, 0.25) is 12.0 Å². The van der Waals surface area contributed by atoms with Gasteiger partial charge in [-0.25, -0.2) is 39.5 Å². The Hall–Kier alpha value is -4.10. The molecule has 5 fully saturated rings. The highest BCUT2D eigenvalue weighted by molar-refractivity contribution is 7.84. The van der Waals surface area contributed by atoms with Crippen LogP contribution in [-0.4, -0.2) is 382 Å². The van der Waals surface area contributed by atoms with Crippen molar-refractivity contribution >= 4 is 111 Å². The minimum absolute atomic E-state index is 1.11. The first-order valence-electron chi connectivity index (χ1n) is 27.1. The van der Waals surface area contributed by atoms with E-state index in [0.29, 0.717) is 0 Å². The summed E-state index contributed by atoms with van der Waals surface area (Å²) in [5.41, 5.74) is 0. The average Bonchev–Trinajstić information content (AvgIpc) is 0.763. The van der Waals surface area contributed by atoms with E-state index in [1.807, 2.05) is 0 Å². The standard InChI is InChI=1S/C36H57N3O58S9/c40-10-7(37-98(54,55)56)31(53)84-4(1-81-101(63,64)65)17(10)87-35-24(96-105(75,76)77)15(45)20(26(93-35)29(49)50)90-33-9(39-100(60,61)62)12(42)19(6(86-33)3-83-103(69,70)71)89-36-25(97-106(78,79)80)16(46)21(27(94-36)30(51)52)91-32-8(38-99(57,58)59)11(41)18(5(85-32)2-82-102(66,67)68)88-34-23(95-104(72,73)74)14(44)13(43)22(92-34)28(47)48/h4-12,14-21,23-27,31-46,53H,1-3H2,(H,47,48)(H,49,50)(H,51,52)(H,54,55,56)(H,57,58,59)(H,60,61,62)(H,63,64,65)(H,66,67,68)(H,69,70,71)(H,72,73,74)(H,75,76,77)(H,78,79,80)/t4-,5-,6-,7-,8-,9-,10-,11-,12-,14+,15+,16+,17-,18-,19-,20+,21+,23-,24-,25-,26-,27-,31+,32-,33-,34-,35-,36-/m1/s1. The molecule has 618 valence electrons. The van der Waals surface area contributed by atoms with Crippen molar-refractivity contribution in [1.82, 2.24) is 14.2 Å². The van der Waals surface area contributed by atoms with E-state index in [0.717, 1.165) is 9.44 Å². The van der Waals surface area contributed by atoms with Crippen molar-refractivity contribution in [2.24, 2.45) is 0 Å². The fourth-order valence-corrected chi connectivity index (χ4v) is 14.4. The molecule has 0 aromatic rings. The number of nitrogens with one attached hydrogen (secondary N) is 3. The lowest BCUT2D eigenvalue weighted by Gasteiger charge is -2.50. The minimum Gasteiger partial charge on any atom is -0.506 e. The molecule has 23 N–H and O–H groups in total. The lowest BCUT2D eigenvalue weighted by atomic mass is 9.94. The van der Waals surface area contributed by atoms with Gasteiger partial charge in [0.1, 0.15) is 104 Å². The second-order valence-electron chi connectivity index (χ2n) is 21.5. The van der Waals surface area contributed by atoms with Crippen LogP contribution in [0.3, 0.4) is 0 Å². The summed E-state index contributed by atoms with van der Waals surface area (Å²) < 4.78 is 391. The number of hydrogen-bond donors (Lipinski definition) is 23. The summed E-state index contributed by atoms with van der Waals surface area (Å²) in [6.45, 7) is -5.62. The van der Waals surface area contributed by atoms with Gasteiger partial charge in [-0.1, -0.05) is 0 Å². The van der Waals surface area contributed by atoms with Crippen LogP contribution in [0.4, 0.5) is 0 Å². The van der Waals surface area contributed by atoms with Crippen LogP contribution in [0.1, 0.15) is 0 Å². The number of carboxylic acids is 3. The van der Waals surface area contributed by atoms with E-state index in [9.17, 15) is 187 Å². The van der Waals surface area contributed by atoms with E-state index < -0.39 is 314 Å². The molecule has 5 saturated heterocycles. The second kappa shape index (κ2) is 34.1. The fraction of sp³-hybridized carbons (Fsp3) is 0.861. The monoisotopic (exact) mass is 1750 g/mol. The SMILES string of the molecule is O=C(O)C1=C(O)[C@H](O)[C@@H](OS(=O)(=O)O)[C@H](O[C@H]2[C@H](O)[C@@H](NS(=O)(=O)O)[C@@H](O[C@H]3[C@H](O)[C@@H](OS(=O)(=O)O)[C@H](O[C@H]4[C@H](O)[C@@H](NS(=O)(=O)O)[C@@H](O[C@H]5[C@H](O)[C@@H](OS(=O)(=O)O)[C@H](O[C@H]6[C@H](O)[C@@H](NS(=O)(=O)O)[C@@H](O)O[C@@H]6COS(=O)(=O)O)O[C@H]5C(=O)O)O[C@@H]4COS(=O)(=O)O)O[C@H]3C(=O)O)O[C@@H]2COS(=O)(=O)O)O1. The van der Waals surface area contributed by atoms with Crippen LogP contribution in [0.15, 0.2) is 11.5 Å². The summed E-state index contributed by atoms with van der Waals surface area (Å²) >= 11 is 0. The predicted molar refractivity (Wildman–Crippen MR) is 301 cm³/mol. The van der Waals surface area contributed by atoms with E-state index in [1.165, 1.54) is 4.72 Å². The smallest absolute Gasteiger partial charge is 0.397 e. The number of aliphatic carboxylic acids is 3. The van der Waals surface area contributed by atoms with Crippen molar-refractivity contribution < 1.29 is 264 Å². The van der Waals surface area contributed by atoms with Crippen LogP contribution in [0.25, 0.3) is 0 Å². The third-order valence-corrected chi connectivity index (χ3v) is 18.6. The van der Waals surface area contributed by atoms with Crippen LogP contribution >= 0.6 is 0 Å². The number of hydrogen-bond acceptors (Lipinski definition) is 46. The molecule has 106 heavy (non-hydrogen) atoms. The Morgan fingerprint density at radius 3 is 0.943 bits per heavy atom. The summed E-state index contributed by atoms with van der Waals surface area (Å²) in [6, 6.07) is -8.84. The number of carbonyl (C=O) groups is 3. The van der Waals surface area contributed by atoms with Crippen molar-refractivity contribution in [1.29, 1.82) is 0 Å². The molecule has 0 radical (unpaired) electrons. The Morgan fingerprint density at radius 1 is 0.349 bits per heavy atom. The normalized spacial score (nSPS) is 37.9. The molecular formula is C36H57N3O58S9. The molecule has 70 heteroatoms. The Bertz CT molecular complexity index is 4270. The van der Waals surface area contributed by atoms with E-state index in [-0.39, 0.29) is 0 Å². The van der Waals surface area contributed by atoms with E-state index in [4.69, 9.17) is 52.1 Å². The Labute approximate surface area is 590 Å². The molecular weight excluding hydrogens is 1690 g/mol. The van der Waals surface area contributed by atoms with Gasteiger partial charge in [0.05, 0.1) is 19.8 Å². The number of rotatable bonds is 34. The van der Waals surface area contributed by atoms with Gasteiger partial charge in [-0.05, 0) is 0 Å². The van der Waals surface area contributed by atoms with Gasteiger partial charge in [0.15, 0.2) is 67.7 Å². The summed E-state index contributed by atoms with van der Waals surface area (Å²) in [4.78, 5) is 38.1. The molecule has 61 nitrogen and oxygen atoms in total. The number of ether oxygens (including phenoxy) is 11. The van der Waals surface area contributed by atoms with Gasteiger partial charge in [-0.2, -0.15) is 89.9 Å². The van der Waals surface area contributed by atoms with E-state index in [2.05, 4.69) is 25.1 Å². The third kappa shape index (κ3) is 25.5. The molecule has 0 spiro atoms. The highest BCUT2D eigenvalue weighted by atomic mass is 32.3. The van der Waals surface area contributed by atoms with Crippen molar-refractivity contribution in [3.8, 4) is 0 Å². The predicted octanol–water partition coefficient (Wildman–Crippen LogP) is -15.6. The van der Waals surface area contributed by atoms with Gasteiger partial charge >= 0.3 is 111 Å². The first-order valence-corrected chi connectivity index (χ1v) is 39.6. The van der Waals surface area contributed by atoms with Crippen LogP contribution in [-0.2, 0) is 185 Å². The molecule has 0 aromatic heterocycles. The average molecular weight is 1750 g/mol. The van der Waals surface area contributed by atoms with Crippen LogP contribution in [0.5, 0.6) is 0 Å². The maximum atomic E-state index is 13.2.